The van der Waals surface area contributed by atoms with Crippen LogP contribution >= 0.6 is 27.5 Å². The molecule has 0 aliphatic carbocycles. The normalized spacial score (nSPS) is 10.5. The van der Waals surface area contributed by atoms with Gasteiger partial charge < -0.3 is 0 Å². The molecule has 82 valence electrons. The summed E-state index contributed by atoms with van der Waals surface area (Å²) < 4.78 is 14.6. The Balaban J connectivity index is 2.61. The highest BCUT2D eigenvalue weighted by molar-refractivity contribution is 9.10. The molecule has 2 aromatic carbocycles. The van der Waals surface area contributed by atoms with E-state index in [1.165, 1.54) is 0 Å². The van der Waals surface area contributed by atoms with E-state index in [0.29, 0.717) is 5.56 Å². The summed E-state index contributed by atoms with van der Waals surface area (Å²) in [4.78, 5) is 0. The average Bonchev–Trinajstić information content (AvgIpc) is 2.26. The van der Waals surface area contributed by atoms with Crippen molar-refractivity contribution >= 4 is 27.5 Å². The van der Waals surface area contributed by atoms with Gasteiger partial charge in [-0.05, 0) is 41.8 Å². The lowest BCUT2D eigenvalue weighted by Crippen LogP contribution is -1.89. The molecular formula is C13H9BrClF. The smallest absolute Gasteiger partial charge is 0.145 e. The second-order valence-electron chi connectivity index (χ2n) is 3.54. The van der Waals surface area contributed by atoms with Gasteiger partial charge in [0.25, 0.3) is 0 Å². The lowest BCUT2D eigenvalue weighted by molar-refractivity contribution is 0.619. The van der Waals surface area contributed by atoms with Gasteiger partial charge in [-0.2, -0.15) is 0 Å². The molecule has 0 amide bonds. The molecule has 0 aromatic heterocycles. The molecule has 0 aliphatic rings. The van der Waals surface area contributed by atoms with Crippen molar-refractivity contribution in [3.05, 3.63) is 57.3 Å². The van der Waals surface area contributed by atoms with Crippen LogP contribution in [0.2, 0.25) is 5.02 Å². The van der Waals surface area contributed by atoms with Gasteiger partial charge in [0.15, 0.2) is 0 Å². The first-order valence-corrected chi connectivity index (χ1v) is 5.97. The van der Waals surface area contributed by atoms with Crippen molar-refractivity contribution in [1.82, 2.24) is 0 Å². The summed E-state index contributed by atoms with van der Waals surface area (Å²) in [5.41, 5.74) is 2.41. The lowest BCUT2D eigenvalue weighted by Gasteiger charge is -2.08. The van der Waals surface area contributed by atoms with E-state index in [9.17, 15) is 4.39 Å². The zero-order chi connectivity index (χ0) is 11.7. The topological polar surface area (TPSA) is 0 Å². The fraction of sp³-hybridized carbons (Fsp3) is 0.0769. The Morgan fingerprint density at radius 1 is 1.19 bits per heavy atom. The summed E-state index contributed by atoms with van der Waals surface area (Å²) in [6, 6.07) is 11.2. The average molecular weight is 300 g/mol. The van der Waals surface area contributed by atoms with Crippen LogP contribution in [0.3, 0.4) is 0 Å². The predicted octanol–water partition coefficient (Wildman–Crippen LogP) is 5.22. The predicted molar refractivity (Wildman–Crippen MR) is 69.3 cm³/mol. The summed E-state index contributed by atoms with van der Waals surface area (Å²) in [6.07, 6.45) is 0. The first-order chi connectivity index (χ1) is 7.59. The van der Waals surface area contributed by atoms with E-state index in [1.54, 1.807) is 13.0 Å². The van der Waals surface area contributed by atoms with Crippen LogP contribution in [-0.4, -0.2) is 0 Å². The van der Waals surface area contributed by atoms with E-state index in [2.05, 4.69) is 15.9 Å². The Kier molecular flexibility index (Phi) is 3.31. The molecule has 0 unspecified atom stereocenters. The second kappa shape index (κ2) is 4.56. The van der Waals surface area contributed by atoms with Crippen molar-refractivity contribution in [2.45, 2.75) is 6.92 Å². The number of rotatable bonds is 1. The molecule has 0 fully saturated rings. The number of benzene rings is 2. The van der Waals surface area contributed by atoms with Crippen LogP contribution in [-0.2, 0) is 0 Å². The first kappa shape index (κ1) is 11.6. The minimum absolute atomic E-state index is 0.163. The molecule has 0 N–H and O–H groups in total. The zero-order valence-corrected chi connectivity index (χ0v) is 10.9. The minimum atomic E-state index is -0.348. The van der Waals surface area contributed by atoms with Crippen LogP contribution < -0.4 is 0 Å². The van der Waals surface area contributed by atoms with E-state index in [1.807, 2.05) is 30.3 Å². The fourth-order valence-electron chi connectivity index (χ4n) is 1.62. The van der Waals surface area contributed by atoms with Crippen molar-refractivity contribution < 1.29 is 4.39 Å². The van der Waals surface area contributed by atoms with Crippen molar-refractivity contribution in [2.24, 2.45) is 0 Å². The SMILES string of the molecule is Cc1c(-c2cccc(Br)c2)ccc(Cl)c1F. The van der Waals surface area contributed by atoms with Crippen LogP contribution in [0.5, 0.6) is 0 Å². The molecule has 2 rings (SSSR count). The number of hydrogen-bond acceptors (Lipinski definition) is 0. The lowest BCUT2D eigenvalue weighted by atomic mass is 10.0. The van der Waals surface area contributed by atoms with E-state index in [0.717, 1.165) is 15.6 Å². The minimum Gasteiger partial charge on any atom is -0.205 e. The van der Waals surface area contributed by atoms with E-state index >= 15 is 0 Å². The molecule has 16 heavy (non-hydrogen) atoms. The van der Waals surface area contributed by atoms with E-state index in [-0.39, 0.29) is 10.8 Å². The molecule has 0 spiro atoms. The third-order valence-electron chi connectivity index (χ3n) is 2.47. The van der Waals surface area contributed by atoms with Crippen LogP contribution in [0.15, 0.2) is 40.9 Å². The largest absolute Gasteiger partial charge is 0.205 e. The highest BCUT2D eigenvalue weighted by Crippen LogP contribution is 2.30. The van der Waals surface area contributed by atoms with Crippen LogP contribution in [0, 0.1) is 12.7 Å². The van der Waals surface area contributed by atoms with Crippen molar-refractivity contribution in [1.29, 1.82) is 0 Å². The van der Waals surface area contributed by atoms with Gasteiger partial charge in [-0.15, -0.1) is 0 Å². The molecule has 0 atom stereocenters. The van der Waals surface area contributed by atoms with E-state index < -0.39 is 0 Å². The van der Waals surface area contributed by atoms with Gasteiger partial charge in [-0.1, -0.05) is 45.7 Å². The monoisotopic (exact) mass is 298 g/mol. The van der Waals surface area contributed by atoms with Gasteiger partial charge in [0.1, 0.15) is 5.82 Å². The highest BCUT2D eigenvalue weighted by Gasteiger charge is 2.09. The van der Waals surface area contributed by atoms with Gasteiger partial charge in [0, 0.05) is 4.47 Å². The Bertz CT molecular complexity index is 537. The van der Waals surface area contributed by atoms with Gasteiger partial charge >= 0.3 is 0 Å². The van der Waals surface area contributed by atoms with Crippen LogP contribution in [0.1, 0.15) is 5.56 Å². The van der Waals surface area contributed by atoms with Gasteiger partial charge in [-0.25, -0.2) is 4.39 Å². The van der Waals surface area contributed by atoms with Crippen LogP contribution in [0.25, 0.3) is 11.1 Å². The number of hydrogen-bond donors (Lipinski definition) is 0. The maximum atomic E-state index is 13.6. The Morgan fingerprint density at radius 2 is 1.94 bits per heavy atom. The Labute approximate surface area is 107 Å². The Hall–Kier alpha value is -0.860. The maximum absolute atomic E-state index is 13.6. The molecule has 0 saturated carbocycles. The molecular weight excluding hydrogens is 290 g/mol. The van der Waals surface area contributed by atoms with Gasteiger partial charge in [-0.3, -0.25) is 0 Å². The summed E-state index contributed by atoms with van der Waals surface area (Å²) in [5, 5.41) is 0.163. The number of halogens is 3. The van der Waals surface area contributed by atoms with Crippen molar-refractivity contribution in [3.63, 3.8) is 0 Å². The molecule has 0 saturated heterocycles. The molecule has 0 bridgehead atoms. The summed E-state index contributed by atoms with van der Waals surface area (Å²) >= 11 is 9.12. The third-order valence-corrected chi connectivity index (χ3v) is 3.26. The molecule has 2 aromatic rings. The maximum Gasteiger partial charge on any atom is 0.145 e. The molecule has 0 aliphatic heterocycles. The summed E-state index contributed by atoms with van der Waals surface area (Å²) in [5.74, 6) is -0.348. The Morgan fingerprint density at radius 3 is 2.62 bits per heavy atom. The highest BCUT2D eigenvalue weighted by atomic mass is 79.9. The van der Waals surface area contributed by atoms with Crippen LogP contribution in [0.4, 0.5) is 4.39 Å². The van der Waals surface area contributed by atoms with Gasteiger partial charge in [0.2, 0.25) is 0 Å². The first-order valence-electron chi connectivity index (χ1n) is 4.80. The summed E-state index contributed by atoms with van der Waals surface area (Å²) in [6.45, 7) is 1.73. The summed E-state index contributed by atoms with van der Waals surface area (Å²) in [7, 11) is 0. The molecule has 3 heteroatoms. The fourth-order valence-corrected chi connectivity index (χ4v) is 2.22. The van der Waals surface area contributed by atoms with Gasteiger partial charge in [0.05, 0.1) is 5.02 Å². The quantitative estimate of drug-likeness (QED) is 0.677. The standard InChI is InChI=1S/C13H9BrClF/c1-8-11(5-6-12(15)13(8)16)9-3-2-4-10(14)7-9/h2-7H,1H3. The molecule has 0 radical (unpaired) electrons. The second-order valence-corrected chi connectivity index (χ2v) is 4.87. The van der Waals surface area contributed by atoms with E-state index in [4.69, 9.17) is 11.6 Å². The zero-order valence-electron chi connectivity index (χ0n) is 8.60. The molecule has 0 heterocycles. The van der Waals surface area contributed by atoms with Crippen molar-refractivity contribution in [3.8, 4) is 11.1 Å². The molecule has 0 nitrogen and oxygen atoms in total. The van der Waals surface area contributed by atoms with Crippen molar-refractivity contribution in [2.75, 3.05) is 0 Å². The third kappa shape index (κ3) is 2.13.